The number of carboxylic acid groups (broad SMARTS) is 1. The molecular weight excluding hydrogens is 128 g/mol. The average Bonchev–Trinajstić information content (AvgIpc) is 2.33. The smallest absolute Gasteiger partial charge is 0.331 e. The molecule has 0 amide bonds. The summed E-state index contributed by atoms with van der Waals surface area (Å²) in [6, 6.07) is 0. The summed E-state index contributed by atoms with van der Waals surface area (Å²) < 4.78 is 0. The van der Waals surface area contributed by atoms with Crippen molar-refractivity contribution >= 4 is 5.97 Å². The maximum Gasteiger partial charge on any atom is 0.331 e. The molecule has 1 atom stereocenters. The fraction of sp³-hybridized carbons (Fsp3) is 0.375. The molecule has 1 unspecified atom stereocenters. The van der Waals surface area contributed by atoms with E-state index in [0.717, 1.165) is 12.8 Å². The van der Waals surface area contributed by atoms with Crippen molar-refractivity contribution < 1.29 is 9.90 Å². The summed E-state index contributed by atoms with van der Waals surface area (Å²) >= 11 is 0. The Hall–Kier alpha value is -1.05. The minimum absolute atomic E-state index is 0.0810. The molecular formula is C8H10O2. The number of allylic oxidation sites excluding steroid dienone is 2. The first-order valence-corrected chi connectivity index (χ1v) is 3.31. The number of aliphatic carboxylic acids is 1. The lowest BCUT2D eigenvalue weighted by Gasteiger charge is -2.02. The van der Waals surface area contributed by atoms with Gasteiger partial charge in [-0.25, -0.2) is 4.79 Å². The van der Waals surface area contributed by atoms with Crippen molar-refractivity contribution in [3.63, 3.8) is 0 Å². The van der Waals surface area contributed by atoms with Crippen LogP contribution < -0.4 is 0 Å². The Kier molecular flexibility index (Phi) is 1.90. The first-order chi connectivity index (χ1) is 4.75. The van der Waals surface area contributed by atoms with Crippen molar-refractivity contribution in [1.29, 1.82) is 0 Å². The van der Waals surface area contributed by atoms with Gasteiger partial charge in [0.25, 0.3) is 0 Å². The maximum absolute atomic E-state index is 10.5. The van der Waals surface area contributed by atoms with Gasteiger partial charge in [-0.15, -0.1) is 6.58 Å². The summed E-state index contributed by atoms with van der Waals surface area (Å²) in [6.45, 7) is 3.57. The molecule has 2 heteroatoms. The van der Waals surface area contributed by atoms with E-state index < -0.39 is 5.97 Å². The highest BCUT2D eigenvalue weighted by atomic mass is 16.4. The molecule has 0 heterocycles. The van der Waals surface area contributed by atoms with Crippen LogP contribution in [0.25, 0.3) is 0 Å². The minimum Gasteiger partial charge on any atom is -0.478 e. The number of carboxylic acids is 1. The second-order valence-electron chi connectivity index (χ2n) is 2.38. The zero-order valence-corrected chi connectivity index (χ0v) is 5.71. The molecule has 0 saturated heterocycles. The lowest BCUT2D eigenvalue weighted by molar-refractivity contribution is -0.133. The number of hydrogen-bond acceptors (Lipinski definition) is 1. The van der Waals surface area contributed by atoms with E-state index in [1.54, 1.807) is 12.2 Å². The number of hydrogen-bond donors (Lipinski definition) is 1. The van der Waals surface area contributed by atoms with Crippen LogP contribution in [0.4, 0.5) is 0 Å². The molecule has 0 radical (unpaired) electrons. The standard InChI is InChI=1S/C8H10O2/c1-2-6-4-3-5-7(6)8(9)10/h2,5-6H,1,3-4H2,(H,9,10). The van der Waals surface area contributed by atoms with Crippen LogP contribution in [0, 0.1) is 5.92 Å². The normalized spacial score (nSPS) is 24.0. The average molecular weight is 138 g/mol. The monoisotopic (exact) mass is 138 g/mol. The van der Waals surface area contributed by atoms with E-state index in [0.29, 0.717) is 5.57 Å². The van der Waals surface area contributed by atoms with Gasteiger partial charge in [0.05, 0.1) is 0 Å². The Morgan fingerprint density at radius 1 is 1.90 bits per heavy atom. The molecule has 1 N–H and O–H groups in total. The molecule has 0 aliphatic heterocycles. The van der Waals surface area contributed by atoms with Crippen LogP contribution in [-0.2, 0) is 4.79 Å². The molecule has 0 aromatic heterocycles. The van der Waals surface area contributed by atoms with E-state index in [-0.39, 0.29) is 5.92 Å². The predicted octanol–water partition coefficient (Wildman–Crippen LogP) is 1.59. The zero-order chi connectivity index (χ0) is 7.56. The third-order valence-corrected chi connectivity index (χ3v) is 1.77. The van der Waals surface area contributed by atoms with Gasteiger partial charge < -0.3 is 5.11 Å². The first-order valence-electron chi connectivity index (χ1n) is 3.31. The van der Waals surface area contributed by atoms with Gasteiger partial charge >= 0.3 is 5.97 Å². The number of rotatable bonds is 2. The van der Waals surface area contributed by atoms with Crippen molar-refractivity contribution in [2.75, 3.05) is 0 Å². The third kappa shape index (κ3) is 1.10. The van der Waals surface area contributed by atoms with E-state index in [4.69, 9.17) is 5.11 Å². The molecule has 1 aliphatic rings. The zero-order valence-electron chi connectivity index (χ0n) is 5.71. The van der Waals surface area contributed by atoms with Gasteiger partial charge in [-0.05, 0) is 12.8 Å². The molecule has 54 valence electrons. The summed E-state index contributed by atoms with van der Waals surface area (Å²) in [4.78, 5) is 10.5. The Balaban J connectivity index is 2.74. The van der Waals surface area contributed by atoms with Crippen LogP contribution in [0.1, 0.15) is 12.8 Å². The fourth-order valence-electron chi connectivity index (χ4n) is 1.22. The summed E-state index contributed by atoms with van der Waals surface area (Å²) in [5.41, 5.74) is 0.509. The van der Waals surface area contributed by atoms with Crippen LogP contribution >= 0.6 is 0 Å². The van der Waals surface area contributed by atoms with Gasteiger partial charge in [-0.2, -0.15) is 0 Å². The largest absolute Gasteiger partial charge is 0.478 e. The molecule has 0 aromatic rings. The Morgan fingerprint density at radius 2 is 2.60 bits per heavy atom. The Bertz CT molecular complexity index is 191. The molecule has 10 heavy (non-hydrogen) atoms. The van der Waals surface area contributed by atoms with Crippen LogP contribution in [-0.4, -0.2) is 11.1 Å². The first kappa shape index (κ1) is 7.06. The van der Waals surface area contributed by atoms with Gasteiger partial charge in [0.1, 0.15) is 0 Å². The molecule has 1 rings (SSSR count). The SMILES string of the molecule is C=CC1CCC=C1C(=O)O. The third-order valence-electron chi connectivity index (χ3n) is 1.77. The van der Waals surface area contributed by atoms with E-state index in [9.17, 15) is 4.79 Å². The second-order valence-corrected chi connectivity index (χ2v) is 2.38. The van der Waals surface area contributed by atoms with Crippen molar-refractivity contribution in [3.8, 4) is 0 Å². The summed E-state index contributed by atoms with van der Waals surface area (Å²) in [5.74, 6) is -0.722. The maximum atomic E-state index is 10.5. The fourth-order valence-corrected chi connectivity index (χ4v) is 1.22. The van der Waals surface area contributed by atoms with Gasteiger partial charge in [-0.3, -0.25) is 0 Å². The van der Waals surface area contributed by atoms with Crippen molar-refractivity contribution in [3.05, 3.63) is 24.3 Å². The molecule has 0 bridgehead atoms. The van der Waals surface area contributed by atoms with Crippen molar-refractivity contribution in [2.24, 2.45) is 5.92 Å². The topological polar surface area (TPSA) is 37.3 Å². The molecule has 0 fully saturated rings. The molecule has 0 spiro atoms. The highest BCUT2D eigenvalue weighted by Gasteiger charge is 2.20. The number of carbonyl (C=O) groups is 1. The van der Waals surface area contributed by atoms with E-state index in [1.807, 2.05) is 0 Å². The lowest BCUT2D eigenvalue weighted by Crippen LogP contribution is -2.05. The predicted molar refractivity (Wildman–Crippen MR) is 38.6 cm³/mol. The van der Waals surface area contributed by atoms with Gasteiger partial charge in [0.2, 0.25) is 0 Å². The quantitative estimate of drug-likeness (QED) is 0.588. The van der Waals surface area contributed by atoms with E-state index in [2.05, 4.69) is 6.58 Å². The molecule has 0 saturated carbocycles. The van der Waals surface area contributed by atoms with Crippen molar-refractivity contribution in [2.45, 2.75) is 12.8 Å². The van der Waals surface area contributed by atoms with Crippen LogP contribution in [0.2, 0.25) is 0 Å². The van der Waals surface area contributed by atoms with Gasteiger partial charge in [-0.1, -0.05) is 12.2 Å². The van der Waals surface area contributed by atoms with Crippen LogP contribution in [0.3, 0.4) is 0 Å². The molecule has 0 aromatic carbocycles. The highest BCUT2D eigenvalue weighted by Crippen LogP contribution is 2.26. The van der Waals surface area contributed by atoms with Gasteiger partial charge in [0, 0.05) is 11.5 Å². The Morgan fingerprint density at radius 3 is 3.00 bits per heavy atom. The van der Waals surface area contributed by atoms with E-state index >= 15 is 0 Å². The summed E-state index contributed by atoms with van der Waals surface area (Å²) in [5, 5.41) is 8.60. The highest BCUT2D eigenvalue weighted by molar-refractivity contribution is 5.88. The Labute approximate surface area is 59.9 Å². The summed E-state index contributed by atoms with van der Waals surface area (Å²) in [6.07, 6.45) is 5.26. The van der Waals surface area contributed by atoms with Crippen molar-refractivity contribution in [1.82, 2.24) is 0 Å². The van der Waals surface area contributed by atoms with Crippen LogP contribution in [0.5, 0.6) is 0 Å². The second kappa shape index (κ2) is 2.69. The minimum atomic E-state index is -0.803. The summed E-state index contributed by atoms with van der Waals surface area (Å²) in [7, 11) is 0. The van der Waals surface area contributed by atoms with Crippen LogP contribution in [0.15, 0.2) is 24.3 Å². The lowest BCUT2D eigenvalue weighted by atomic mass is 10.0. The van der Waals surface area contributed by atoms with E-state index in [1.165, 1.54) is 0 Å². The molecule has 1 aliphatic carbocycles. The molecule has 2 nitrogen and oxygen atoms in total. The van der Waals surface area contributed by atoms with Gasteiger partial charge in [0.15, 0.2) is 0 Å².